The molecule has 1 rings (SSSR count). The van der Waals surface area contributed by atoms with Crippen LogP contribution in [0, 0.1) is 0 Å². The number of carbonyl (C=O) groups excluding carboxylic acids is 1. The van der Waals surface area contributed by atoms with E-state index in [0.717, 1.165) is 32.1 Å². The fourth-order valence-electron chi connectivity index (χ4n) is 3.02. The number of nitrogens with one attached hydrogen (secondary N) is 1. The van der Waals surface area contributed by atoms with Crippen molar-refractivity contribution in [3.63, 3.8) is 0 Å². The van der Waals surface area contributed by atoms with Crippen LogP contribution in [0.25, 0.3) is 0 Å². The third kappa shape index (κ3) is 13.4. The number of aromatic carboxylic acids is 1. The first-order chi connectivity index (χ1) is 14.1. The number of rotatable bonds is 16. The summed E-state index contributed by atoms with van der Waals surface area (Å²) >= 11 is 0. The molecule has 0 saturated carbocycles. The Morgan fingerprint density at radius 3 is 2.03 bits per heavy atom. The molecule has 0 fully saturated rings. The SMILES string of the molecule is CCCCC/C=C/C/C=C/CCCCCCCC(=O)Nc1ccc(C(=O)O)cc1. The topological polar surface area (TPSA) is 66.4 Å². The van der Waals surface area contributed by atoms with Crippen molar-refractivity contribution in [3.8, 4) is 0 Å². The second kappa shape index (κ2) is 16.6. The molecule has 4 nitrogen and oxygen atoms in total. The fraction of sp³-hybridized carbons (Fsp3) is 0.520. The molecule has 1 aromatic rings. The lowest BCUT2D eigenvalue weighted by molar-refractivity contribution is -0.116. The molecule has 0 aliphatic heterocycles. The molecule has 0 unspecified atom stereocenters. The van der Waals surface area contributed by atoms with Gasteiger partial charge in [-0.15, -0.1) is 0 Å². The Labute approximate surface area is 176 Å². The number of carbonyl (C=O) groups is 2. The van der Waals surface area contributed by atoms with Crippen LogP contribution in [0.1, 0.15) is 94.3 Å². The first-order valence-electron chi connectivity index (χ1n) is 11.1. The molecule has 0 aliphatic rings. The van der Waals surface area contributed by atoms with Crippen LogP contribution in [-0.4, -0.2) is 17.0 Å². The number of hydrogen-bond acceptors (Lipinski definition) is 2. The number of carboxylic acids is 1. The van der Waals surface area contributed by atoms with Gasteiger partial charge in [-0.05, 0) is 62.8 Å². The van der Waals surface area contributed by atoms with Gasteiger partial charge in [0.05, 0.1) is 5.56 Å². The standard InChI is InChI=1S/C25H37NO3/c1-2-3-4-5-6-7-8-9-10-11-12-13-14-15-16-17-24(27)26-23-20-18-22(19-21-23)25(28)29/h6-7,9-10,18-21H,2-5,8,11-17H2,1H3,(H,26,27)(H,28,29)/b7-6+,10-9+. The van der Waals surface area contributed by atoms with E-state index < -0.39 is 5.97 Å². The molecule has 160 valence electrons. The molecular weight excluding hydrogens is 362 g/mol. The number of anilines is 1. The Balaban J connectivity index is 1.96. The highest BCUT2D eigenvalue weighted by molar-refractivity contribution is 5.92. The van der Waals surface area contributed by atoms with Crippen molar-refractivity contribution in [2.24, 2.45) is 0 Å². The normalized spacial score (nSPS) is 11.3. The van der Waals surface area contributed by atoms with Crippen LogP contribution in [0.5, 0.6) is 0 Å². The zero-order valence-electron chi connectivity index (χ0n) is 17.9. The third-order valence-electron chi connectivity index (χ3n) is 4.77. The summed E-state index contributed by atoms with van der Waals surface area (Å²) in [6, 6.07) is 6.24. The third-order valence-corrected chi connectivity index (χ3v) is 4.77. The van der Waals surface area contributed by atoms with E-state index in [0.29, 0.717) is 12.1 Å². The van der Waals surface area contributed by atoms with Crippen LogP contribution >= 0.6 is 0 Å². The zero-order valence-corrected chi connectivity index (χ0v) is 17.9. The van der Waals surface area contributed by atoms with Crippen molar-refractivity contribution in [2.45, 2.75) is 84.0 Å². The highest BCUT2D eigenvalue weighted by atomic mass is 16.4. The maximum absolute atomic E-state index is 11.9. The lowest BCUT2D eigenvalue weighted by Gasteiger charge is -2.05. The molecule has 1 amide bonds. The summed E-state index contributed by atoms with van der Waals surface area (Å²) in [6.07, 6.45) is 22.4. The molecule has 0 aromatic heterocycles. The Bertz CT molecular complexity index is 632. The van der Waals surface area contributed by atoms with Crippen molar-refractivity contribution in [1.29, 1.82) is 0 Å². The molecule has 0 aliphatic carbocycles. The van der Waals surface area contributed by atoms with Crippen molar-refractivity contribution in [2.75, 3.05) is 5.32 Å². The minimum atomic E-state index is -0.965. The maximum atomic E-state index is 11.9. The minimum Gasteiger partial charge on any atom is -0.478 e. The largest absolute Gasteiger partial charge is 0.478 e. The average Bonchev–Trinajstić information content (AvgIpc) is 2.71. The Kier molecular flexibility index (Phi) is 14.1. The van der Waals surface area contributed by atoms with Crippen LogP contribution < -0.4 is 5.32 Å². The molecule has 1 aromatic carbocycles. The van der Waals surface area contributed by atoms with Crippen molar-refractivity contribution in [3.05, 3.63) is 54.1 Å². The highest BCUT2D eigenvalue weighted by Gasteiger charge is 2.04. The van der Waals surface area contributed by atoms with Gasteiger partial charge in [0.25, 0.3) is 0 Å². The summed E-state index contributed by atoms with van der Waals surface area (Å²) in [5.41, 5.74) is 0.860. The smallest absolute Gasteiger partial charge is 0.335 e. The van der Waals surface area contributed by atoms with Crippen LogP contribution in [0.2, 0.25) is 0 Å². The number of benzene rings is 1. The molecule has 0 bridgehead atoms. The van der Waals surface area contributed by atoms with Crippen molar-refractivity contribution >= 4 is 17.6 Å². The monoisotopic (exact) mass is 399 g/mol. The minimum absolute atomic E-state index is 0.0150. The summed E-state index contributed by atoms with van der Waals surface area (Å²) in [7, 11) is 0. The quantitative estimate of drug-likeness (QED) is 0.229. The molecule has 0 radical (unpaired) electrons. The number of allylic oxidation sites excluding steroid dienone is 4. The van der Waals surface area contributed by atoms with Gasteiger partial charge < -0.3 is 10.4 Å². The van der Waals surface area contributed by atoms with Gasteiger partial charge in [0.1, 0.15) is 0 Å². The summed E-state index contributed by atoms with van der Waals surface area (Å²) in [6.45, 7) is 2.23. The van der Waals surface area contributed by atoms with Gasteiger partial charge in [-0.2, -0.15) is 0 Å². The predicted octanol–water partition coefficient (Wildman–Crippen LogP) is 7.14. The van der Waals surface area contributed by atoms with Gasteiger partial charge in [0, 0.05) is 12.1 Å². The van der Waals surface area contributed by atoms with Crippen LogP contribution in [0.15, 0.2) is 48.6 Å². The Morgan fingerprint density at radius 1 is 0.828 bits per heavy atom. The van der Waals surface area contributed by atoms with Gasteiger partial charge in [0.15, 0.2) is 0 Å². The maximum Gasteiger partial charge on any atom is 0.335 e. The molecule has 0 spiro atoms. The Hall–Kier alpha value is -2.36. The molecular formula is C25H37NO3. The first kappa shape index (κ1) is 24.7. The van der Waals surface area contributed by atoms with E-state index in [1.165, 1.54) is 50.7 Å². The second-order valence-corrected chi connectivity index (χ2v) is 7.41. The number of amides is 1. The summed E-state index contributed by atoms with van der Waals surface area (Å²) in [5, 5.41) is 11.7. The lowest BCUT2D eigenvalue weighted by atomic mass is 10.1. The Morgan fingerprint density at radius 2 is 1.41 bits per heavy atom. The first-order valence-corrected chi connectivity index (χ1v) is 11.1. The van der Waals surface area contributed by atoms with Crippen LogP contribution in [0.4, 0.5) is 5.69 Å². The van der Waals surface area contributed by atoms with E-state index in [-0.39, 0.29) is 11.5 Å². The molecule has 29 heavy (non-hydrogen) atoms. The fourth-order valence-corrected chi connectivity index (χ4v) is 3.02. The van der Waals surface area contributed by atoms with Crippen molar-refractivity contribution in [1.82, 2.24) is 0 Å². The van der Waals surface area contributed by atoms with Crippen molar-refractivity contribution < 1.29 is 14.7 Å². The van der Waals surface area contributed by atoms with E-state index in [1.807, 2.05) is 0 Å². The summed E-state index contributed by atoms with van der Waals surface area (Å²) in [5.74, 6) is -0.980. The highest BCUT2D eigenvalue weighted by Crippen LogP contribution is 2.12. The molecule has 4 heteroatoms. The average molecular weight is 400 g/mol. The van der Waals surface area contributed by atoms with Crippen LogP contribution in [-0.2, 0) is 4.79 Å². The number of unbranched alkanes of at least 4 members (excludes halogenated alkanes) is 8. The molecule has 0 heterocycles. The summed E-state index contributed by atoms with van der Waals surface area (Å²) in [4.78, 5) is 22.7. The van der Waals surface area contributed by atoms with E-state index in [1.54, 1.807) is 12.1 Å². The molecule has 2 N–H and O–H groups in total. The van der Waals surface area contributed by atoms with Gasteiger partial charge >= 0.3 is 5.97 Å². The van der Waals surface area contributed by atoms with Crippen LogP contribution in [0.3, 0.4) is 0 Å². The number of carboxylic acid groups (broad SMARTS) is 1. The predicted molar refractivity (Wildman–Crippen MR) is 121 cm³/mol. The lowest BCUT2D eigenvalue weighted by Crippen LogP contribution is -2.11. The van der Waals surface area contributed by atoms with E-state index >= 15 is 0 Å². The van der Waals surface area contributed by atoms with Gasteiger partial charge in [0.2, 0.25) is 5.91 Å². The summed E-state index contributed by atoms with van der Waals surface area (Å²) < 4.78 is 0. The number of hydrogen-bond donors (Lipinski definition) is 2. The van der Waals surface area contributed by atoms with Gasteiger partial charge in [-0.3, -0.25) is 4.79 Å². The molecule has 0 saturated heterocycles. The zero-order chi connectivity index (χ0) is 21.2. The van der Waals surface area contributed by atoms with E-state index in [9.17, 15) is 9.59 Å². The van der Waals surface area contributed by atoms with E-state index in [2.05, 4.69) is 36.5 Å². The van der Waals surface area contributed by atoms with Gasteiger partial charge in [-0.25, -0.2) is 4.79 Å². The second-order valence-electron chi connectivity index (χ2n) is 7.41. The molecule has 0 atom stereocenters. The van der Waals surface area contributed by atoms with Gasteiger partial charge in [-0.1, -0.05) is 63.3 Å². The van der Waals surface area contributed by atoms with E-state index in [4.69, 9.17) is 5.11 Å².